The van der Waals surface area contributed by atoms with E-state index in [-0.39, 0.29) is 29.5 Å². The molecule has 8 heteroatoms. The standard InChI is InChI=1S/C24H53N2O5P/c1-15-31-32(29,30-14)20(22(6,7)8)26(28)24(12,13)17-16-18(2)19(21(3,4)5)25(27)23(9,10)11/h18-20,27-28H,15-17H2,1-14H3. The summed E-state index contributed by atoms with van der Waals surface area (Å²) < 4.78 is 24.4. The fourth-order valence-corrected chi connectivity index (χ4v) is 6.78. The Kier molecular flexibility index (Phi) is 11.1. The van der Waals surface area contributed by atoms with Gasteiger partial charge in [-0.05, 0) is 71.1 Å². The lowest BCUT2D eigenvalue weighted by Crippen LogP contribution is -2.55. The first-order valence-electron chi connectivity index (χ1n) is 11.8. The van der Waals surface area contributed by atoms with E-state index in [1.165, 1.54) is 17.2 Å². The van der Waals surface area contributed by atoms with Crippen LogP contribution in [0.15, 0.2) is 0 Å². The zero-order valence-electron chi connectivity index (χ0n) is 23.3. The fourth-order valence-electron chi connectivity index (χ4n) is 4.44. The van der Waals surface area contributed by atoms with Gasteiger partial charge >= 0.3 is 7.60 Å². The Morgan fingerprint density at radius 1 is 0.875 bits per heavy atom. The van der Waals surface area contributed by atoms with Crippen LogP contribution in [0.25, 0.3) is 0 Å². The predicted molar refractivity (Wildman–Crippen MR) is 132 cm³/mol. The van der Waals surface area contributed by atoms with E-state index in [4.69, 9.17) is 9.05 Å². The summed E-state index contributed by atoms with van der Waals surface area (Å²) in [6, 6.07) is -0.0719. The maximum atomic E-state index is 13.5. The molecule has 0 aromatic rings. The normalized spacial score (nSPS) is 19.2. The van der Waals surface area contributed by atoms with E-state index in [9.17, 15) is 15.0 Å². The van der Waals surface area contributed by atoms with Crippen molar-refractivity contribution in [2.45, 2.75) is 126 Å². The van der Waals surface area contributed by atoms with Crippen molar-refractivity contribution in [2.75, 3.05) is 13.7 Å². The highest BCUT2D eigenvalue weighted by Gasteiger charge is 2.51. The molecule has 0 aliphatic carbocycles. The summed E-state index contributed by atoms with van der Waals surface area (Å²) >= 11 is 0. The molecule has 0 fully saturated rings. The third-order valence-corrected chi connectivity index (χ3v) is 8.80. The SMILES string of the molecule is CCOP(=O)(OC)C(N(O)C(C)(C)CCC(C)C(N(O)C(C)(C)C)C(C)(C)C)C(C)(C)C. The minimum Gasteiger partial charge on any atom is -0.313 e. The van der Waals surface area contributed by atoms with Gasteiger partial charge in [0.2, 0.25) is 0 Å². The smallest absolute Gasteiger partial charge is 0.313 e. The van der Waals surface area contributed by atoms with Gasteiger partial charge in [0.05, 0.1) is 6.61 Å². The maximum absolute atomic E-state index is 13.5. The minimum atomic E-state index is -3.59. The van der Waals surface area contributed by atoms with Gasteiger partial charge in [0.25, 0.3) is 0 Å². The predicted octanol–water partition coefficient (Wildman–Crippen LogP) is 7.03. The molecule has 0 bridgehead atoms. The Morgan fingerprint density at radius 3 is 1.66 bits per heavy atom. The van der Waals surface area contributed by atoms with E-state index >= 15 is 0 Å². The second-order valence-corrected chi connectivity index (χ2v) is 15.1. The first-order chi connectivity index (χ1) is 14.1. The molecule has 2 N–H and O–H groups in total. The summed E-state index contributed by atoms with van der Waals surface area (Å²) in [4.78, 5) is 0. The van der Waals surface area contributed by atoms with Crippen molar-refractivity contribution in [3.8, 4) is 0 Å². The summed E-state index contributed by atoms with van der Waals surface area (Å²) in [6.07, 6.45) is 1.40. The molecule has 0 spiro atoms. The molecule has 0 rings (SSSR count). The molecular weight excluding hydrogens is 427 g/mol. The lowest BCUT2D eigenvalue weighted by Gasteiger charge is -2.48. The lowest BCUT2D eigenvalue weighted by molar-refractivity contribution is -0.224. The van der Waals surface area contributed by atoms with Crippen molar-refractivity contribution in [3.63, 3.8) is 0 Å². The number of hydrogen-bond donors (Lipinski definition) is 2. The number of hydrogen-bond acceptors (Lipinski definition) is 7. The Hall–Kier alpha value is -0.0100. The molecule has 0 aliphatic rings. The third kappa shape index (κ3) is 8.33. The van der Waals surface area contributed by atoms with Crippen molar-refractivity contribution < 1.29 is 24.0 Å². The van der Waals surface area contributed by atoms with E-state index in [0.717, 1.165) is 6.42 Å². The topological polar surface area (TPSA) is 82.5 Å². The van der Waals surface area contributed by atoms with Crippen molar-refractivity contribution in [3.05, 3.63) is 0 Å². The van der Waals surface area contributed by atoms with Crippen LogP contribution < -0.4 is 0 Å². The Bertz CT molecular complexity index is 619. The van der Waals surface area contributed by atoms with Crippen LogP contribution >= 0.6 is 7.60 Å². The molecular formula is C24H53N2O5P. The zero-order chi connectivity index (χ0) is 25.9. The molecule has 0 aromatic carbocycles. The van der Waals surface area contributed by atoms with Gasteiger partial charge < -0.3 is 19.5 Å². The highest BCUT2D eigenvalue weighted by molar-refractivity contribution is 7.54. The molecule has 7 nitrogen and oxygen atoms in total. The van der Waals surface area contributed by atoms with E-state index in [2.05, 4.69) is 27.7 Å². The van der Waals surface area contributed by atoms with Crippen LogP contribution in [-0.4, -0.2) is 57.2 Å². The van der Waals surface area contributed by atoms with E-state index < -0.39 is 24.3 Å². The fraction of sp³-hybridized carbons (Fsp3) is 1.00. The first kappa shape index (κ1) is 32.0. The van der Waals surface area contributed by atoms with Gasteiger partial charge in [0, 0.05) is 24.2 Å². The van der Waals surface area contributed by atoms with Crippen molar-refractivity contribution in [1.29, 1.82) is 0 Å². The van der Waals surface area contributed by atoms with Crippen LogP contribution in [-0.2, 0) is 13.6 Å². The minimum absolute atomic E-state index is 0.0719. The molecule has 0 radical (unpaired) electrons. The van der Waals surface area contributed by atoms with Crippen molar-refractivity contribution >= 4 is 7.60 Å². The Morgan fingerprint density at radius 2 is 1.34 bits per heavy atom. The second kappa shape index (κ2) is 11.2. The molecule has 4 unspecified atom stereocenters. The summed E-state index contributed by atoms with van der Waals surface area (Å²) in [5, 5.41) is 25.0. The molecule has 0 heterocycles. The molecule has 0 saturated heterocycles. The lowest BCUT2D eigenvalue weighted by atomic mass is 9.75. The Balaban J connectivity index is 5.85. The van der Waals surface area contributed by atoms with Gasteiger partial charge in [-0.2, -0.15) is 10.1 Å². The zero-order valence-corrected chi connectivity index (χ0v) is 24.2. The quantitative estimate of drug-likeness (QED) is 0.243. The van der Waals surface area contributed by atoms with Crippen LogP contribution in [0.1, 0.15) is 103 Å². The Labute approximate surface area is 198 Å². The van der Waals surface area contributed by atoms with E-state index in [1.54, 1.807) is 6.92 Å². The van der Waals surface area contributed by atoms with Crippen LogP contribution in [0.3, 0.4) is 0 Å². The highest BCUT2D eigenvalue weighted by Crippen LogP contribution is 2.60. The molecule has 194 valence electrons. The molecule has 4 atom stereocenters. The number of hydroxylamine groups is 4. The van der Waals surface area contributed by atoms with E-state index in [1.807, 2.05) is 55.4 Å². The highest BCUT2D eigenvalue weighted by atomic mass is 31.2. The van der Waals surface area contributed by atoms with Gasteiger partial charge in [-0.25, -0.2) is 0 Å². The van der Waals surface area contributed by atoms with Gasteiger partial charge in [-0.3, -0.25) is 4.57 Å². The number of nitrogens with zero attached hydrogens (tertiary/aromatic N) is 2. The molecule has 0 saturated carbocycles. The van der Waals surface area contributed by atoms with Crippen LogP contribution in [0.5, 0.6) is 0 Å². The summed E-state index contributed by atoms with van der Waals surface area (Å²) in [5.74, 6) is -0.673. The molecule has 0 aliphatic heterocycles. The van der Waals surface area contributed by atoms with E-state index in [0.29, 0.717) is 6.42 Å². The average molecular weight is 481 g/mol. The summed E-state index contributed by atoms with van der Waals surface area (Å²) in [5.41, 5.74) is -1.77. The molecule has 32 heavy (non-hydrogen) atoms. The maximum Gasteiger partial charge on any atom is 0.350 e. The molecule has 0 amide bonds. The van der Waals surface area contributed by atoms with Crippen molar-refractivity contribution in [2.24, 2.45) is 16.7 Å². The van der Waals surface area contributed by atoms with Crippen LogP contribution in [0.4, 0.5) is 0 Å². The molecule has 0 aromatic heterocycles. The summed E-state index contributed by atoms with van der Waals surface area (Å²) in [6.45, 7) is 26.2. The third-order valence-electron chi connectivity index (χ3n) is 6.08. The largest absolute Gasteiger partial charge is 0.350 e. The number of rotatable bonds is 11. The van der Waals surface area contributed by atoms with Gasteiger partial charge in [-0.15, -0.1) is 0 Å². The average Bonchev–Trinajstić information content (AvgIpc) is 2.57. The van der Waals surface area contributed by atoms with Crippen LogP contribution in [0.2, 0.25) is 0 Å². The van der Waals surface area contributed by atoms with Gasteiger partial charge in [0.1, 0.15) is 5.78 Å². The second-order valence-electron chi connectivity index (χ2n) is 12.9. The first-order valence-corrected chi connectivity index (χ1v) is 13.4. The monoisotopic (exact) mass is 480 g/mol. The van der Waals surface area contributed by atoms with Gasteiger partial charge in [-0.1, -0.05) is 48.5 Å². The summed E-state index contributed by atoms with van der Waals surface area (Å²) in [7, 11) is -2.22. The van der Waals surface area contributed by atoms with Crippen molar-refractivity contribution in [1.82, 2.24) is 10.1 Å². The van der Waals surface area contributed by atoms with Gasteiger partial charge in [0.15, 0.2) is 0 Å². The van der Waals surface area contributed by atoms with Crippen LogP contribution in [0, 0.1) is 16.7 Å².